The normalized spacial score (nSPS) is 10.4. The van der Waals surface area contributed by atoms with Crippen LogP contribution >= 0.6 is 23.1 Å². The molecule has 9 heteroatoms. The third-order valence-electron chi connectivity index (χ3n) is 3.25. The Balaban J connectivity index is 1.50. The number of aromatic nitrogens is 2. The fraction of sp³-hybridized carbons (Fsp3) is 0.118. The molecule has 0 saturated carbocycles. The fourth-order valence-corrected chi connectivity index (χ4v) is 3.68. The van der Waals surface area contributed by atoms with Crippen LogP contribution in [-0.4, -0.2) is 23.3 Å². The van der Waals surface area contributed by atoms with Gasteiger partial charge in [0.1, 0.15) is 11.6 Å². The second-order valence-electron chi connectivity index (χ2n) is 5.10. The van der Waals surface area contributed by atoms with E-state index in [2.05, 4.69) is 20.8 Å². The average Bonchev–Trinajstić information content (AvgIpc) is 3.09. The highest BCUT2D eigenvalue weighted by molar-refractivity contribution is 8.00. The number of urea groups is 1. The van der Waals surface area contributed by atoms with Crippen LogP contribution in [0.4, 0.5) is 20.0 Å². The van der Waals surface area contributed by atoms with Crippen LogP contribution in [0.5, 0.6) is 5.75 Å². The minimum absolute atomic E-state index is 0.260. The van der Waals surface area contributed by atoms with Crippen molar-refractivity contribution in [3.63, 3.8) is 0 Å². The van der Waals surface area contributed by atoms with Gasteiger partial charge in [-0.15, -0.1) is 10.2 Å². The summed E-state index contributed by atoms with van der Waals surface area (Å²) >= 11 is 2.75. The van der Waals surface area contributed by atoms with Crippen LogP contribution in [0.1, 0.15) is 5.56 Å². The lowest BCUT2D eigenvalue weighted by atomic mass is 10.2. The summed E-state index contributed by atoms with van der Waals surface area (Å²) < 4.78 is 18.7. The molecule has 0 spiro atoms. The number of thioether (sulfide) groups is 1. The van der Waals surface area contributed by atoms with Crippen molar-refractivity contribution < 1.29 is 13.9 Å². The molecule has 26 heavy (non-hydrogen) atoms. The van der Waals surface area contributed by atoms with Crippen molar-refractivity contribution >= 4 is 39.9 Å². The number of nitrogens with one attached hydrogen (secondary N) is 2. The number of hydrogen-bond donors (Lipinski definition) is 2. The number of hydrogen-bond acceptors (Lipinski definition) is 6. The first-order valence-corrected chi connectivity index (χ1v) is 9.35. The van der Waals surface area contributed by atoms with Crippen molar-refractivity contribution in [1.29, 1.82) is 0 Å². The molecule has 134 valence electrons. The van der Waals surface area contributed by atoms with E-state index in [-0.39, 0.29) is 5.82 Å². The molecular weight excluding hydrogens is 375 g/mol. The molecule has 1 aromatic heterocycles. The van der Waals surface area contributed by atoms with E-state index < -0.39 is 6.03 Å². The van der Waals surface area contributed by atoms with Gasteiger partial charge in [-0.25, -0.2) is 9.18 Å². The third kappa shape index (κ3) is 5.17. The second-order valence-corrected chi connectivity index (χ2v) is 7.30. The Morgan fingerprint density at radius 3 is 2.54 bits per heavy atom. The first-order valence-electron chi connectivity index (χ1n) is 7.55. The summed E-state index contributed by atoms with van der Waals surface area (Å²) in [4.78, 5) is 12.0. The maximum atomic E-state index is 12.9. The van der Waals surface area contributed by atoms with Crippen molar-refractivity contribution in [3.8, 4) is 5.75 Å². The molecular formula is C17H15FN4O2S2. The number of carbonyl (C=O) groups is 1. The van der Waals surface area contributed by atoms with Crippen LogP contribution in [-0.2, 0) is 5.75 Å². The molecule has 0 aliphatic rings. The molecule has 2 amide bonds. The predicted molar refractivity (Wildman–Crippen MR) is 102 cm³/mol. The maximum absolute atomic E-state index is 12.9. The van der Waals surface area contributed by atoms with Gasteiger partial charge in [0.15, 0.2) is 4.34 Å². The summed E-state index contributed by atoms with van der Waals surface area (Å²) in [5.41, 5.74) is 1.62. The number of carbonyl (C=O) groups excluding carboxylic acids is 1. The molecule has 2 aromatic carbocycles. The van der Waals surface area contributed by atoms with Gasteiger partial charge < -0.3 is 10.1 Å². The number of anilines is 2. The Hall–Kier alpha value is -2.65. The molecule has 6 nitrogen and oxygen atoms in total. The molecule has 0 atom stereocenters. The van der Waals surface area contributed by atoms with Crippen LogP contribution in [0.2, 0.25) is 0 Å². The van der Waals surface area contributed by atoms with Gasteiger partial charge in [-0.1, -0.05) is 35.2 Å². The van der Waals surface area contributed by atoms with Crippen molar-refractivity contribution in [2.45, 2.75) is 10.1 Å². The minimum Gasteiger partial charge on any atom is -0.497 e. The van der Waals surface area contributed by atoms with Gasteiger partial charge >= 0.3 is 6.03 Å². The Bertz CT molecular complexity index is 869. The van der Waals surface area contributed by atoms with Gasteiger partial charge in [0.25, 0.3) is 0 Å². The zero-order valence-corrected chi connectivity index (χ0v) is 15.4. The smallest absolute Gasteiger partial charge is 0.325 e. The molecule has 3 rings (SSSR count). The minimum atomic E-state index is -0.401. The van der Waals surface area contributed by atoms with E-state index in [0.717, 1.165) is 5.56 Å². The molecule has 0 bridgehead atoms. The lowest BCUT2D eigenvalue weighted by molar-refractivity contribution is 0.262. The van der Waals surface area contributed by atoms with Crippen molar-refractivity contribution in [3.05, 3.63) is 59.9 Å². The van der Waals surface area contributed by atoms with Gasteiger partial charge in [-0.3, -0.25) is 5.32 Å². The average molecular weight is 390 g/mol. The lowest BCUT2D eigenvalue weighted by Gasteiger charge is -2.05. The summed E-state index contributed by atoms with van der Waals surface area (Å²) in [7, 11) is 1.58. The number of amides is 2. The highest BCUT2D eigenvalue weighted by atomic mass is 32.2. The van der Waals surface area contributed by atoms with Gasteiger partial charge in [0.2, 0.25) is 5.13 Å². The summed E-state index contributed by atoms with van der Waals surface area (Å²) in [5.74, 6) is 1.10. The van der Waals surface area contributed by atoms with Crippen LogP contribution in [0.3, 0.4) is 0 Å². The van der Waals surface area contributed by atoms with E-state index in [9.17, 15) is 9.18 Å². The molecule has 3 aromatic rings. The predicted octanol–water partition coefficient (Wildman–Crippen LogP) is 4.62. The standard InChI is InChI=1S/C17H15FN4O2S2/c1-24-14-8-6-13(7-9-14)19-15(23)20-16-21-22-17(26-16)25-10-11-2-4-12(18)5-3-11/h2-9H,10H2,1H3,(H2,19,20,21,23). The van der Waals surface area contributed by atoms with E-state index in [1.54, 1.807) is 43.5 Å². The number of halogens is 1. The number of benzene rings is 2. The quantitative estimate of drug-likeness (QED) is 0.474. The third-order valence-corrected chi connectivity index (χ3v) is 5.29. The van der Waals surface area contributed by atoms with Crippen molar-refractivity contribution in [2.24, 2.45) is 0 Å². The molecule has 0 aliphatic heterocycles. The molecule has 1 heterocycles. The van der Waals surface area contributed by atoms with Crippen molar-refractivity contribution in [2.75, 3.05) is 17.7 Å². The van der Waals surface area contributed by atoms with Gasteiger partial charge in [-0.05, 0) is 42.0 Å². The fourth-order valence-electron chi connectivity index (χ4n) is 1.98. The number of nitrogens with zero attached hydrogens (tertiary/aromatic N) is 2. The monoisotopic (exact) mass is 390 g/mol. The molecule has 0 unspecified atom stereocenters. The SMILES string of the molecule is COc1ccc(NC(=O)Nc2nnc(SCc3ccc(F)cc3)s2)cc1. The number of ether oxygens (including phenoxy) is 1. The van der Waals surface area contributed by atoms with E-state index in [1.807, 2.05) is 0 Å². The van der Waals surface area contributed by atoms with E-state index in [0.29, 0.717) is 26.7 Å². The van der Waals surface area contributed by atoms with Crippen LogP contribution < -0.4 is 15.4 Å². The van der Waals surface area contributed by atoms with E-state index in [4.69, 9.17) is 4.74 Å². The number of rotatable bonds is 6. The zero-order chi connectivity index (χ0) is 18.4. The Morgan fingerprint density at radius 2 is 1.85 bits per heavy atom. The highest BCUT2D eigenvalue weighted by Crippen LogP contribution is 2.28. The van der Waals surface area contributed by atoms with E-state index in [1.165, 1.54) is 35.2 Å². The molecule has 0 saturated heterocycles. The summed E-state index contributed by atoms with van der Waals surface area (Å²) in [5, 5.41) is 13.7. The first kappa shape index (κ1) is 18.2. The van der Waals surface area contributed by atoms with Crippen LogP contribution in [0.15, 0.2) is 52.9 Å². The van der Waals surface area contributed by atoms with Crippen LogP contribution in [0, 0.1) is 5.82 Å². The van der Waals surface area contributed by atoms with Gasteiger partial charge in [0.05, 0.1) is 7.11 Å². The first-order chi connectivity index (χ1) is 12.6. The zero-order valence-electron chi connectivity index (χ0n) is 13.7. The Kier molecular flexibility index (Phi) is 6.03. The van der Waals surface area contributed by atoms with Crippen molar-refractivity contribution in [1.82, 2.24) is 10.2 Å². The molecule has 2 N–H and O–H groups in total. The highest BCUT2D eigenvalue weighted by Gasteiger charge is 2.09. The summed E-state index contributed by atoms with van der Waals surface area (Å²) in [6, 6.07) is 12.9. The summed E-state index contributed by atoms with van der Waals surface area (Å²) in [6.07, 6.45) is 0. The van der Waals surface area contributed by atoms with E-state index >= 15 is 0 Å². The van der Waals surface area contributed by atoms with Gasteiger partial charge in [-0.2, -0.15) is 0 Å². The largest absolute Gasteiger partial charge is 0.497 e. The Labute approximate surface area is 157 Å². The molecule has 0 aliphatic carbocycles. The summed E-state index contributed by atoms with van der Waals surface area (Å²) in [6.45, 7) is 0. The van der Waals surface area contributed by atoms with Gasteiger partial charge in [0, 0.05) is 11.4 Å². The molecule has 0 radical (unpaired) electrons. The lowest BCUT2D eigenvalue weighted by Crippen LogP contribution is -2.19. The topological polar surface area (TPSA) is 76.1 Å². The second kappa shape index (κ2) is 8.63. The number of methoxy groups -OCH3 is 1. The van der Waals surface area contributed by atoms with Crippen LogP contribution in [0.25, 0.3) is 0 Å². The molecule has 0 fully saturated rings. The Morgan fingerprint density at radius 1 is 1.12 bits per heavy atom. The maximum Gasteiger partial charge on any atom is 0.325 e.